The minimum atomic E-state index is 0.339. The first-order valence-corrected chi connectivity index (χ1v) is 7.85. The summed E-state index contributed by atoms with van der Waals surface area (Å²) in [7, 11) is 0. The highest BCUT2D eigenvalue weighted by molar-refractivity contribution is 7.15. The van der Waals surface area contributed by atoms with Gasteiger partial charge in [0.15, 0.2) is 4.47 Å². The first-order chi connectivity index (χ1) is 8.43. The third-order valence-corrected chi connectivity index (χ3v) is 6.75. The van der Waals surface area contributed by atoms with Crippen LogP contribution in [0.15, 0.2) is 6.20 Å². The quantitative estimate of drug-likeness (QED) is 0.814. The number of ether oxygens (including phenoxy) is 1. The second-order valence-corrected chi connectivity index (χ2v) is 8.19. The molecule has 0 amide bonds. The predicted molar refractivity (Wildman–Crippen MR) is 74.9 cm³/mol. The molecule has 4 heteroatoms. The Morgan fingerprint density at radius 2 is 2.28 bits per heavy atom. The van der Waals surface area contributed by atoms with Gasteiger partial charge in [0.1, 0.15) is 0 Å². The van der Waals surface area contributed by atoms with E-state index in [1.54, 1.807) is 0 Å². The fourth-order valence-corrected chi connectivity index (χ4v) is 4.82. The van der Waals surface area contributed by atoms with Gasteiger partial charge in [0.25, 0.3) is 0 Å². The van der Waals surface area contributed by atoms with Gasteiger partial charge in [-0.1, -0.05) is 32.4 Å². The van der Waals surface area contributed by atoms with Crippen molar-refractivity contribution in [2.75, 3.05) is 0 Å². The zero-order chi connectivity index (χ0) is 13.0. The molecule has 2 aliphatic rings. The Labute approximate surface area is 118 Å². The van der Waals surface area contributed by atoms with Gasteiger partial charge in [-0.25, -0.2) is 4.98 Å². The number of rotatable bonds is 3. The van der Waals surface area contributed by atoms with Crippen LogP contribution in [0.5, 0.6) is 0 Å². The van der Waals surface area contributed by atoms with Crippen LogP contribution in [0.1, 0.15) is 44.9 Å². The Morgan fingerprint density at radius 1 is 1.50 bits per heavy atom. The van der Waals surface area contributed by atoms with Crippen molar-refractivity contribution < 1.29 is 4.74 Å². The average molecular weight is 286 g/mol. The van der Waals surface area contributed by atoms with E-state index in [0.717, 1.165) is 10.8 Å². The maximum atomic E-state index is 6.19. The average Bonchev–Trinajstić information content (AvgIpc) is 2.87. The number of thiazole rings is 1. The summed E-state index contributed by atoms with van der Waals surface area (Å²) in [6.45, 7) is 7.90. The number of nitrogens with zero attached hydrogens (tertiary/aromatic N) is 1. The lowest BCUT2D eigenvalue weighted by molar-refractivity contribution is -0.0542. The van der Waals surface area contributed by atoms with E-state index in [0.29, 0.717) is 28.0 Å². The molecule has 2 bridgehead atoms. The van der Waals surface area contributed by atoms with E-state index < -0.39 is 0 Å². The van der Waals surface area contributed by atoms with Gasteiger partial charge in [0.05, 0.1) is 17.6 Å². The zero-order valence-electron chi connectivity index (χ0n) is 11.2. The van der Waals surface area contributed by atoms with Crippen molar-refractivity contribution in [2.24, 2.45) is 16.7 Å². The highest BCUT2D eigenvalue weighted by Gasteiger charge is 2.61. The third kappa shape index (κ3) is 1.75. The molecule has 1 aromatic rings. The third-order valence-electron chi connectivity index (χ3n) is 5.67. The maximum Gasteiger partial charge on any atom is 0.183 e. The number of hydrogen-bond acceptors (Lipinski definition) is 3. The molecule has 0 N–H and O–H groups in total. The van der Waals surface area contributed by atoms with Crippen LogP contribution in [0.3, 0.4) is 0 Å². The fourth-order valence-electron chi connectivity index (χ4n) is 3.92. The molecule has 0 saturated heterocycles. The summed E-state index contributed by atoms with van der Waals surface area (Å²) < 4.78 is 6.79. The Morgan fingerprint density at radius 3 is 2.78 bits per heavy atom. The zero-order valence-corrected chi connectivity index (χ0v) is 12.8. The van der Waals surface area contributed by atoms with Crippen LogP contribution >= 0.6 is 22.9 Å². The summed E-state index contributed by atoms with van der Waals surface area (Å²) >= 11 is 7.36. The van der Waals surface area contributed by atoms with Gasteiger partial charge in [-0.05, 0) is 36.0 Å². The van der Waals surface area contributed by atoms with Crippen LogP contribution < -0.4 is 0 Å². The molecular weight excluding hydrogens is 266 g/mol. The van der Waals surface area contributed by atoms with E-state index in [-0.39, 0.29) is 0 Å². The van der Waals surface area contributed by atoms with Gasteiger partial charge in [0.2, 0.25) is 0 Å². The number of halogens is 1. The summed E-state index contributed by atoms with van der Waals surface area (Å²) in [6.07, 6.45) is 6.12. The molecule has 3 atom stereocenters. The number of hydrogen-bond donors (Lipinski definition) is 0. The van der Waals surface area contributed by atoms with Crippen molar-refractivity contribution >= 4 is 22.9 Å². The van der Waals surface area contributed by atoms with E-state index in [4.69, 9.17) is 16.3 Å². The van der Waals surface area contributed by atoms with Crippen LogP contribution in [-0.2, 0) is 11.3 Å². The van der Waals surface area contributed by atoms with Crippen LogP contribution in [0.25, 0.3) is 0 Å². The van der Waals surface area contributed by atoms with Crippen molar-refractivity contribution in [3.63, 3.8) is 0 Å². The molecule has 2 fully saturated rings. The van der Waals surface area contributed by atoms with E-state index in [9.17, 15) is 0 Å². The van der Waals surface area contributed by atoms with Gasteiger partial charge in [0, 0.05) is 6.20 Å². The molecule has 0 radical (unpaired) electrons. The van der Waals surface area contributed by atoms with E-state index in [2.05, 4.69) is 25.8 Å². The molecule has 100 valence electrons. The van der Waals surface area contributed by atoms with Crippen LogP contribution in [0, 0.1) is 16.7 Å². The van der Waals surface area contributed by atoms with Gasteiger partial charge in [-0.3, -0.25) is 0 Å². The predicted octanol–water partition coefficient (Wildman–Crippen LogP) is 4.53. The smallest absolute Gasteiger partial charge is 0.183 e. The minimum Gasteiger partial charge on any atom is -0.372 e. The van der Waals surface area contributed by atoms with Crippen molar-refractivity contribution in [1.29, 1.82) is 0 Å². The summed E-state index contributed by atoms with van der Waals surface area (Å²) in [4.78, 5) is 5.19. The van der Waals surface area contributed by atoms with Gasteiger partial charge < -0.3 is 4.74 Å². The highest BCUT2D eigenvalue weighted by Crippen LogP contribution is 2.66. The molecule has 0 spiro atoms. The minimum absolute atomic E-state index is 0.339. The Bertz CT molecular complexity index is 458. The normalized spacial score (nSPS) is 37.3. The molecule has 0 aliphatic heterocycles. The molecule has 1 aromatic heterocycles. The lowest BCUT2D eigenvalue weighted by atomic mass is 9.70. The van der Waals surface area contributed by atoms with Crippen LogP contribution in [-0.4, -0.2) is 11.1 Å². The van der Waals surface area contributed by atoms with Crippen molar-refractivity contribution in [2.45, 2.75) is 52.7 Å². The molecule has 18 heavy (non-hydrogen) atoms. The summed E-state index contributed by atoms with van der Waals surface area (Å²) in [5.74, 6) is 0.831. The molecule has 2 aliphatic carbocycles. The van der Waals surface area contributed by atoms with Crippen LogP contribution in [0.4, 0.5) is 0 Å². The van der Waals surface area contributed by atoms with E-state index in [1.807, 2.05) is 6.20 Å². The summed E-state index contributed by atoms with van der Waals surface area (Å²) in [6, 6.07) is 0. The molecule has 3 unspecified atom stereocenters. The first kappa shape index (κ1) is 12.9. The molecule has 0 aromatic carbocycles. The maximum absolute atomic E-state index is 6.19. The molecule has 2 nitrogen and oxygen atoms in total. The Hall–Kier alpha value is -0.120. The van der Waals surface area contributed by atoms with Gasteiger partial charge in [-0.15, -0.1) is 11.3 Å². The topological polar surface area (TPSA) is 22.1 Å². The van der Waals surface area contributed by atoms with E-state index in [1.165, 1.54) is 30.6 Å². The standard InChI is InChI=1S/C14H20ClNOS/c1-13(2)9-4-5-14(13,3)11(6-9)17-8-10-7-16-12(15)18-10/h7,9,11H,4-6,8H2,1-3H3. The Balaban J connectivity index is 1.69. The monoisotopic (exact) mass is 285 g/mol. The Kier molecular flexibility index (Phi) is 3.00. The SMILES string of the molecule is CC1(C)C2CCC1(C)C(OCc1cnc(Cl)s1)C2. The second kappa shape index (κ2) is 4.19. The first-order valence-electron chi connectivity index (χ1n) is 6.65. The fraction of sp³-hybridized carbons (Fsp3) is 0.786. The summed E-state index contributed by atoms with van der Waals surface area (Å²) in [5.41, 5.74) is 0.759. The van der Waals surface area contributed by atoms with Crippen molar-refractivity contribution in [1.82, 2.24) is 4.98 Å². The molecular formula is C14H20ClNOS. The molecule has 2 saturated carbocycles. The highest BCUT2D eigenvalue weighted by atomic mass is 35.5. The summed E-state index contributed by atoms with van der Waals surface area (Å²) in [5, 5.41) is 0. The van der Waals surface area contributed by atoms with Crippen molar-refractivity contribution in [3.05, 3.63) is 15.5 Å². The lowest BCUT2D eigenvalue weighted by Crippen LogP contribution is -2.37. The number of aromatic nitrogens is 1. The second-order valence-electron chi connectivity index (χ2n) is 6.49. The van der Waals surface area contributed by atoms with Gasteiger partial charge in [-0.2, -0.15) is 0 Å². The van der Waals surface area contributed by atoms with Crippen LogP contribution in [0.2, 0.25) is 4.47 Å². The lowest BCUT2D eigenvalue weighted by Gasteiger charge is -2.38. The van der Waals surface area contributed by atoms with Crippen molar-refractivity contribution in [3.8, 4) is 0 Å². The molecule has 1 heterocycles. The molecule has 3 rings (SSSR count). The number of fused-ring (bicyclic) bond motifs is 2. The van der Waals surface area contributed by atoms with Gasteiger partial charge >= 0.3 is 0 Å². The largest absolute Gasteiger partial charge is 0.372 e. The van der Waals surface area contributed by atoms with E-state index >= 15 is 0 Å².